The van der Waals surface area contributed by atoms with E-state index in [1.54, 1.807) is 36.4 Å². The van der Waals surface area contributed by atoms with E-state index in [4.69, 9.17) is 11.6 Å². The van der Waals surface area contributed by atoms with Gasteiger partial charge in [0.15, 0.2) is 0 Å². The number of hydrogen-bond donors (Lipinski definition) is 2. The van der Waals surface area contributed by atoms with Gasteiger partial charge in [-0.3, -0.25) is 20.4 Å². The predicted octanol–water partition coefficient (Wildman–Crippen LogP) is 2.00. The fourth-order valence-corrected chi connectivity index (χ4v) is 2.72. The first-order valence-corrected chi connectivity index (χ1v) is 8.39. The Hall–Kier alpha value is -2.53. The van der Waals surface area contributed by atoms with E-state index in [-0.39, 0.29) is 0 Å². The Kier molecular flexibility index (Phi) is 5.24. The number of nitrogens with one attached hydrogen (secondary N) is 2. The lowest BCUT2D eigenvalue weighted by Gasteiger charge is -2.09. The Balaban J connectivity index is 1.64. The summed E-state index contributed by atoms with van der Waals surface area (Å²) in [5, 5.41) is 11.3. The number of halogens is 2. The highest BCUT2D eigenvalue weighted by molar-refractivity contribution is 14.1. The number of carbonyl (C=O) groups is 2. The molecule has 0 bridgehead atoms. The molecule has 10 heteroatoms. The minimum absolute atomic E-state index is 0.373. The summed E-state index contributed by atoms with van der Waals surface area (Å²) >= 11 is 7.91. The Labute approximate surface area is 160 Å². The van der Waals surface area contributed by atoms with Crippen LogP contribution in [0.25, 0.3) is 5.69 Å². The van der Waals surface area contributed by atoms with Gasteiger partial charge in [-0.2, -0.15) is 0 Å². The molecule has 3 rings (SSSR count). The number of rotatable bonds is 3. The second-order valence-corrected chi connectivity index (χ2v) is 6.43. The van der Waals surface area contributed by atoms with Crippen molar-refractivity contribution in [2.24, 2.45) is 0 Å². The first kappa shape index (κ1) is 17.3. The monoisotopic (exact) mass is 468 g/mol. The van der Waals surface area contributed by atoms with Gasteiger partial charge in [-0.1, -0.05) is 11.6 Å². The maximum absolute atomic E-state index is 12.1. The molecule has 126 valence electrons. The highest BCUT2D eigenvalue weighted by Gasteiger charge is 2.12. The van der Waals surface area contributed by atoms with Crippen molar-refractivity contribution in [3.05, 3.63) is 68.5 Å². The van der Waals surface area contributed by atoms with Gasteiger partial charge in [0.05, 0.1) is 11.3 Å². The molecule has 0 unspecified atom stereocenters. The van der Waals surface area contributed by atoms with Crippen molar-refractivity contribution < 1.29 is 9.59 Å². The fourth-order valence-electron chi connectivity index (χ4n) is 1.97. The van der Waals surface area contributed by atoms with Crippen LogP contribution >= 0.6 is 34.2 Å². The maximum atomic E-state index is 12.1. The first-order valence-electron chi connectivity index (χ1n) is 6.94. The van der Waals surface area contributed by atoms with Crippen molar-refractivity contribution in [1.82, 2.24) is 31.1 Å². The average molecular weight is 469 g/mol. The average Bonchev–Trinajstić information content (AvgIpc) is 3.16. The van der Waals surface area contributed by atoms with Gasteiger partial charge < -0.3 is 0 Å². The van der Waals surface area contributed by atoms with E-state index in [2.05, 4.69) is 26.4 Å². The van der Waals surface area contributed by atoms with Gasteiger partial charge in [0, 0.05) is 14.2 Å². The SMILES string of the molecule is O=C(NNC(=O)c1cc(Cl)ccc1I)c1ccc(-n2cnnn2)cc1. The van der Waals surface area contributed by atoms with Gasteiger partial charge in [-0.25, -0.2) is 4.68 Å². The van der Waals surface area contributed by atoms with E-state index in [0.29, 0.717) is 21.8 Å². The molecular weight excluding hydrogens is 459 g/mol. The van der Waals surface area contributed by atoms with Crippen LogP contribution in [0.2, 0.25) is 5.02 Å². The van der Waals surface area contributed by atoms with Gasteiger partial charge in [-0.15, -0.1) is 5.10 Å². The van der Waals surface area contributed by atoms with Crippen LogP contribution in [0.15, 0.2) is 48.8 Å². The topological polar surface area (TPSA) is 102 Å². The third-order valence-electron chi connectivity index (χ3n) is 3.21. The predicted molar refractivity (Wildman–Crippen MR) is 98.3 cm³/mol. The van der Waals surface area contributed by atoms with Crippen LogP contribution in [0.5, 0.6) is 0 Å². The van der Waals surface area contributed by atoms with E-state index in [9.17, 15) is 9.59 Å². The zero-order valence-electron chi connectivity index (χ0n) is 12.5. The largest absolute Gasteiger partial charge is 0.270 e. The molecule has 2 aromatic carbocycles. The number of hydrazine groups is 1. The molecule has 2 amide bonds. The summed E-state index contributed by atoms with van der Waals surface area (Å²) in [7, 11) is 0. The Morgan fingerprint density at radius 2 is 1.76 bits per heavy atom. The van der Waals surface area contributed by atoms with Gasteiger partial charge in [0.2, 0.25) is 0 Å². The van der Waals surface area contributed by atoms with Crippen molar-refractivity contribution in [2.45, 2.75) is 0 Å². The van der Waals surface area contributed by atoms with Gasteiger partial charge in [0.1, 0.15) is 6.33 Å². The summed E-state index contributed by atoms with van der Waals surface area (Å²) in [5.41, 5.74) is 6.19. The van der Waals surface area contributed by atoms with E-state index in [1.165, 1.54) is 17.1 Å². The first-order chi connectivity index (χ1) is 12.0. The molecule has 0 spiro atoms. The molecule has 0 aliphatic rings. The van der Waals surface area contributed by atoms with Crippen molar-refractivity contribution in [3.63, 3.8) is 0 Å². The molecule has 0 saturated carbocycles. The smallest absolute Gasteiger partial charge is 0.267 e. The Morgan fingerprint density at radius 1 is 1.04 bits per heavy atom. The molecule has 0 atom stereocenters. The Morgan fingerprint density at radius 3 is 2.44 bits per heavy atom. The van der Waals surface area contributed by atoms with Gasteiger partial charge in [-0.05, 0) is 75.5 Å². The number of amides is 2. The van der Waals surface area contributed by atoms with Crippen LogP contribution in [0.3, 0.4) is 0 Å². The molecule has 0 aliphatic carbocycles. The molecular formula is C15H10ClIN6O2. The zero-order valence-corrected chi connectivity index (χ0v) is 15.4. The van der Waals surface area contributed by atoms with Crippen LogP contribution in [-0.2, 0) is 0 Å². The molecule has 0 saturated heterocycles. The van der Waals surface area contributed by atoms with E-state index in [0.717, 1.165) is 3.57 Å². The van der Waals surface area contributed by atoms with Gasteiger partial charge in [0.25, 0.3) is 11.8 Å². The molecule has 2 N–H and O–H groups in total. The lowest BCUT2D eigenvalue weighted by atomic mass is 10.2. The highest BCUT2D eigenvalue weighted by atomic mass is 127. The number of hydrogen-bond acceptors (Lipinski definition) is 5. The molecule has 8 nitrogen and oxygen atoms in total. The molecule has 0 radical (unpaired) electrons. The molecule has 25 heavy (non-hydrogen) atoms. The third kappa shape index (κ3) is 4.12. The summed E-state index contributed by atoms with van der Waals surface area (Å²) in [5.74, 6) is -0.904. The number of carbonyl (C=O) groups excluding carboxylic acids is 2. The number of benzene rings is 2. The zero-order chi connectivity index (χ0) is 17.8. The second-order valence-electron chi connectivity index (χ2n) is 4.83. The van der Waals surface area contributed by atoms with Gasteiger partial charge >= 0.3 is 0 Å². The van der Waals surface area contributed by atoms with E-state index >= 15 is 0 Å². The van der Waals surface area contributed by atoms with Crippen molar-refractivity contribution in [3.8, 4) is 5.69 Å². The number of aromatic nitrogens is 4. The van der Waals surface area contributed by atoms with Crippen molar-refractivity contribution in [1.29, 1.82) is 0 Å². The van der Waals surface area contributed by atoms with Crippen LogP contribution in [0, 0.1) is 3.57 Å². The summed E-state index contributed by atoms with van der Waals surface area (Å²) in [6, 6.07) is 11.5. The minimum Gasteiger partial charge on any atom is -0.267 e. The summed E-state index contributed by atoms with van der Waals surface area (Å²) in [6.45, 7) is 0. The normalized spacial score (nSPS) is 10.3. The van der Waals surface area contributed by atoms with E-state index < -0.39 is 11.8 Å². The maximum Gasteiger partial charge on any atom is 0.270 e. The lowest BCUT2D eigenvalue weighted by molar-refractivity contribution is 0.0846. The van der Waals surface area contributed by atoms with Crippen LogP contribution < -0.4 is 10.9 Å². The molecule has 1 aromatic heterocycles. The number of nitrogens with zero attached hydrogens (tertiary/aromatic N) is 4. The summed E-state index contributed by atoms with van der Waals surface area (Å²) in [4.78, 5) is 24.3. The lowest BCUT2D eigenvalue weighted by Crippen LogP contribution is -2.41. The fraction of sp³-hybridized carbons (Fsp3) is 0. The van der Waals surface area contributed by atoms with Crippen LogP contribution in [0.4, 0.5) is 0 Å². The summed E-state index contributed by atoms with van der Waals surface area (Å²) < 4.78 is 2.18. The minimum atomic E-state index is -0.453. The Bertz CT molecular complexity index is 914. The van der Waals surface area contributed by atoms with E-state index in [1.807, 2.05) is 22.6 Å². The van der Waals surface area contributed by atoms with Crippen LogP contribution in [0.1, 0.15) is 20.7 Å². The summed E-state index contributed by atoms with van der Waals surface area (Å²) in [6.07, 6.45) is 1.45. The van der Waals surface area contributed by atoms with Crippen molar-refractivity contribution >= 4 is 46.0 Å². The molecule has 0 fully saturated rings. The van der Waals surface area contributed by atoms with Crippen molar-refractivity contribution in [2.75, 3.05) is 0 Å². The standard InChI is InChI=1S/C15H10ClIN6O2/c16-10-3-6-13(17)12(7-10)15(25)20-19-14(24)9-1-4-11(5-2-9)23-8-18-21-22-23/h1-8H,(H,19,24)(H,20,25). The second kappa shape index (κ2) is 7.57. The number of tetrazole rings is 1. The quantitative estimate of drug-likeness (QED) is 0.452. The highest BCUT2D eigenvalue weighted by Crippen LogP contribution is 2.17. The molecule has 1 heterocycles. The van der Waals surface area contributed by atoms with Crippen LogP contribution in [-0.4, -0.2) is 32.0 Å². The molecule has 0 aliphatic heterocycles. The third-order valence-corrected chi connectivity index (χ3v) is 4.38. The molecule has 3 aromatic rings.